The van der Waals surface area contributed by atoms with Crippen molar-refractivity contribution in [3.63, 3.8) is 0 Å². The molecule has 3 aromatic rings. The Morgan fingerprint density at radius 1 is 1.07 bits per heavy atom. The second-order valence-electron chi connectivity index (χ2n) is 7.47. The van der Waals surface area contributed by atoms with Crippen molar-refractivity contribution in [1.29, 1.82) is 0 Å². The van der Waals surface area contributed by atoms with Gasteiger partial charge in [0.2, 0.25) is 0 Å². The Morgan fingerprint density at radius 2 is 1.73 bits per heavy atom. The summed E-state index contributed by atoms with van der Waals surface area (Å²) < 4.78 is 1.71. The van der Waals surface area contributed by atoms with Crippen molar-refractivity contribution in [3.8, 4) is 0 Å². The number of carbonyl (C=O) groups excluding carboxylic acids is 2. The molecule has 1 saturated heterocycles. The van der Waals surface area contributed by atoms with Crippen molar-refractivity contribution in [2.75, 3.05) is 24.2 Å². The van der Waals surface area contributed by atoms with E-state index in [0.717, 1.165) is 37.1 Å². The van der Waals surface area contributed by atoms with Gasteiger partial charge in [-0.05, 0) is 37.7 Å². The summed E-state index contributed by atoms with van der Waals surface area (Å²) in [6, 6.07) is 6.95. The predicted molar refractivity (Wildman–Crippen MR) is 115 cm³/mol. The van der Waals surface area contributed by atoms with Crippen LogP contribution in [0.3, 0.4) is 0 Å². The van der Waals surface area contributed by atoms with Gasteiger partial charge in [0.15, 0.2) is 10.8 Å². The average molecular weight is 423 g/mol. The number of thioether (sulfide) groups is 1. The number of carbonyl (C=O) groups is 2. The van der Waals surface area contributed by atoms with E-state index in [1.165, 1.54) is 16.7 Å². The summed E-state index contributed by atoms with van der Waals surface area (Å²) in [5.41, 5.74) is 1.53. The summed E-state index contributed by atoms with van der Waals surface area (Å²) in [6.45, 7) is 3.86. The highest BCUT2D eigenvalue weighted by Gasteiger charge is 2.41. The molecule has 4 heterocycles. The van der Waals surface area contributed by atoms with Crippen molar-refractivity contribution < 1.29 is 9.59 Å². The molecule has 2 aliphatic heterocycles. The van der Waals surface area contributed by atoms with Crippen LogP contribution < -0.4 is 4.90 Å². The molecule has 9 heteroatoms. The van der Waals surface area contributed by atoms with Gasteiger partial charge in [0.1, 0.15) is 12.0 Å². The lowest BCUT2D eigenvalue weighted by Gasteiger charge is -2.26. The summed E-state index contributed by atoms with van der Waals surface area (Å²) in [6.07, 6.45) is 5.96. The molecule has 2 amide bonds. The van der Waals surface area contributed by atoms with Crippen molar-refractivity contribution in [1.82, 2.24) is 24.6 Å². The van der Waals surface area contributed by atoms with E-state index in [0.29, 0.717) is 28.4 Å². The molecule has 5 rings (SSSR count). The van der Waals surface area contributed by atoms with Crippen molar-refractivity contribution in [2.24, 2.45) is 0 Å². The van der Waals surface area contributed by atoms with Gasteiger partial charge in [0.05, 0.1) is 22.7 Å². The monoisotopic (exact) mass is 422 g/mol. The molecule has 0 bridgehead atoms. The third-order valence-electron chi connectivity index (χ3n) is 5.77. The van der Waals surface area contributed by atoms with E-state index in [4.69, 9.17) is 9.97 Å². The second kappa shape index (κ2) is 7.39. The number of hydrogen-bond donors (Lipinski definition) is 0. The topological polar surface area (TPSA) is 84.2 Å². The van der Waals surface area contributed by atoms with Gasteiger partial charge in [-0.15, -0.1) is 0 Å². The SMILES string of the molecule is CCC(N1C(=O)c2ccccc2C1=O)n1ncc2c(N3CCCC3)nc(SC)nc21. The number of imide groups is 1. The highest BCUT2D eigenvalue weighted by atomic mass is 32.2. The zero-order valence-corrected chi connectivity index (χ0v) is 17.7. The standard InChI is InChI=1S/C21H22N6O2S/c1-3-16(26-19(28)13-8-4-5-9-14(13)20(26)29)27-18-15(12-22-27)17(23-21(24-18)30-2)25-10-6-7-11-25/h4-5,8-9,12,16H,3,6-7,10-11H2,1-2H3. The molecule has 30 heavy (non-hydrogen) atoms. The quantitative estimate of drug-likeness (QED) is 0.354. The fraction of sp³-hybridized carbons (Fsp3) is 0.381. The maximum Gasteiger partial charge on any atom is 0.263 e. The summed E-state index contributed by atoms with van der Waals surface area (Å²) in [5, 5.41) is 6.09. The number of benzene rings is 1. The number of aromatic nitrogens is 4. The van der Waals surface area contributed by atoms with Gasteiger partial charge in [-0.25, -0.2) is 14.6 Å². The molecule has 0 spiro atoms. The van der Waals surface area contributed by atoms with Crippen LogP contribution in [0, 0.1) is 0 Å². The highest BCUT2D eigenvalue weighted by Crippen LogP contribution is 2.34. The summed E-state index contributed by atoms with van der Waals surface area (Å²) in [4.78, 5) is 39.1. The van der Waals surface area contributed by atoms with Crippen molar-refractivity contribution in [2.45, 2.75) is 37.5 Å². The number of fused-ring (bicyclic) bond motifs is 2. The van der Waals surface area contributed by atoms with Crippen molar-refractivity contribution in [3.05, 3.63) is 41.6 Å². The van der Waals surface area contributed by atoms with Crippen LogP contribution in [0.25, 0.3) is 11.0 Å². The molecule has 1 atom stereocenters. The lowest BCUT2D eigenvalue weighted by Crippen LogP contribution is -2.37. The lowest BCUT2D eigenvalue weighted by molar-refractivity contribution is 0.0495. The highest BCUT2D eigenvalue weighted by molar-refractivity contribution is 7.98. The Labute approximate surface area is 178 Å². The number of nitrogens with zero attached hydrogens (tertiary/aromatic N) is 6. The Hall–Kier alpha value is -2.94. The Kier molecular flexibility index (Phi) is 4.69. The molecule has 2 aliphatic rings. The van der Waals surface area contributed by atoms with E-state index in [9.17, 15) is 9.59 Å². The molecule has 0 radical (unpaired) electrons. The van der Waals surface area contributed by atoms with Crippen LogP contribution in [-0.2, 0) is 0 Å². The van der Waals surface area contributed by atoms with Gasteiger partial charge in [0, 0.05) is 13.1 Å². The smallest absolute Gasteiger partial charge is 0.263 e. The zero-order valence-electron chi connectivity index (χ0n) is 16.9. The zero-order chi connectivity index (χ0) is 20.8. The van der Waals surface area contributed by atoms with Crippen LogP contribution in [0.2, 0.25) is 0 Å². The molecule has 8 nitrogen and oxygen atoms in total. The first kappa shape index (κ1) is 19.0. The molecule has 0 aliphatic carbocycles. The first-order valence-electron chi connectivity index (χ1n) is 10.1. The van der Waals surface area contributed by atoms with E-state index in [2.05, 4.69) is 10.00 Å². The van der Waals surface area contributed by atoms with E-state index in [1.807, 2.05) is 13.2 Å². The van der Waals surface area contributed by atoms with Crippen molar-refractivity contribution >= 4 is 40.4 Å². The minimum Gasteiger partial charge on any atom is -0.356 e. The molecule has 2 aromatic heterocycles. The third kappa shape index (κ3) is 2.79. The fourth-order valence-electron chi connectivity index (χ4n) is 4.31. The van der Waals surface area contributed by atoms with Crippen LogP contribution in [0.5, 0.6) is 0 Å². The Balaban J connectivity index is 1.63. The van der Waals surface area contributed by atoms with Crippen LogP contribution in [0.4, 0.5) is 5.82 Å². The maximum absolute atomic E-state index is 13.1. The van der Waals surface area contributed by atoms with E-state index in [1.54, 1.807) is 35.1 Å². The van der Waals surface area contributed by atoms with E-state index < -0.39 is 6.17 Å². The predicted octanol–water partition coefficient (Wildman–Crippen LogP) is 3.35. The first-order chi connectivity index (χ1) is 14.6. The normalized spacial score (nSPS) is 17.3. The Bertz CT molecular complexity index is 1120. The van der Waals surface area contributed by atoms with Gasteiger partial charge in [-0.3, -0.25) is 14.5 Å². The summed E-state index contributed by atoms with van der Waals surface area (Å²) >= 11 is 1.47. The molecule has 0 N–H and O–H groups in total. The van der Waals surface area contributed by atoms with Gasteiger partial charge in [0.25, 0.3) is 11.8 Å². The molecule has 154 valence electrons. The van der Waals surface area contributed by atoms with Gasteiger partial charge in [-0.2, -0.15) is 5.10 Å². The van der Waals surface area contributed by atoms with E-state index in [-0.39, 0.29) is 11.8 Å². The number of hydrogen-bond acceptors (Lipinski definition) is 7. The minimum atomic E-state index is -0.550. The second-order valence-corrected chi connectivity index (χ2v) is 8.24. The maximum atomic E-state index is 13.1. The van der Waals surface area contributed by atoms with Crippen LogP contribution in [-0.4, -0.2) is 55.8 Å². The molecular weight excluding hydrogens is 400 g/mol. The van der Waals surface area contributed by atoms with Crippen LogP contribution in [0.1, 0.15) is 53.1 Å². The van der Waals surface area contributed by atoms with Gasteiger partial charge >= 0.3 is 0 Å². The Morgan fingerprint density at radius 3 is 2.33 bits per heavy atom. The number of rotatable bonds is 5. The van der Waals surface area contributed by atoms with Gasteiger partial charge < -0.3 is 4.90 Å². The number of anilines is 1. The molecule has 1 aromatic carbocycles. The van der Waals surface area contributed by atoms with Crippen LogP contribution in [0.15, 0.2) is 35.6 Å². The lowest BCUT2D eigenvalue weighted by atomic mass is 10.1. The summed E-state index contributed by atoms with van der Waals surface area (Å²) in [5.74, 6) is 0.306. The first-order valence-corrected chi connectivity index (χ1v) is 11.4. The van der Waals surface area contributed by atoms with Crippen LogP contribution >= 0.6 is 11.8 Å². The average Bonchev–Trinajstić information content (AvgIpc) is 3.50. The van der Waals surface area contributed by atoms with E-state index >= 15 is 0 Å². The molecule has 1 fully saturated rings. The number of amides is 2. The molecule has 1 unspecified atom stereocenters. The largest absolute Gasteiger partial charge is 0.356 e. The fourth-order valence-corrected chi connectivity index (χ4v) is 4.67. The minimum absolute atomic E-state index is 0.287. The van der Waals surface area contributed by atoms with Gasteiger partial charge in [-0.1, -0.05) is 30.8 Å². The third-order valence-corrected chi connectivity index (χ3v) is 6.32. The molecular formula is C21H22N6O2S. The summed E-state index contributed by atoms with van der Waals surface area (Å²) in [7, 11) is 0. The molecule has 0 saturated carbocycles.